The highest BCUT2D eigenvalue weighted by Crippen LogP contribution is 2.24. The first-order valence-electron chi connectivity index (χ1n) is 7.21. The molecule has 0 amide bonds. The highest BCUT2D eigenvalue weighted by atomic mass is 32.2. The van der Waals surface area contributed by atoms with Crippen LogP contribution in [0.5, 0.6) is 5.75 Å². The molecule has 1 N–H and O–H groups in total. The van der Waals surface area contributed by atoms with Crippen molar-refractivity contribution in [2.75, 3.05) is 19.9 Å². The van der Waals surface area contributed by atoms with Gasteiger partial charge in [0.15, 0.2) is 0 Å². The number of ether oxygens (including phenoxy) is 2. The lowest BCUT2D eigenvalue weighted by atomic mass is 10.2. The van der Waals surface area contributed by atoms with E-state index in [1.807, 2.05) is 35.0 Å². The summed E-state index contributed by atoms with van der Waals surface area (Å²) in [6, 6.07) is 7.69. The van der Waals surface area contributed by atoms with Gasteiger partial charge in [-0.05, 0) is 24.3 Å². The van der Waals surface area contributed by atoms with E-state index in [2.05, 4.69) is 9.71 Å². The van der Waals surface area contributed by atoms with Crippen molar-refractivity contribution in [3.8, 4) is 17.0 Å². The van der Waals surface area contributed by atoms with Crippen molar-refractivity contribution < 1.29 is 17.9 Å². The van der Waals surface area contributed by atoms with E-state index < -0.39 is 10.0 Å². The molecule has 124 valence electrons. The molecule has 0 saturated heterocycles. The predicted molar refractivity (Wildman–Crippen MR) is 85.6 cm³/mol. The monoisotopic (exact) mass is 337 g/mol. The maximum Gasteiger partial charge on any atom is 0.208 e. The molecule has 0 saturated carbocycles. The van der Waals surface area contributed by atoms with E-state index in [0.717, 1.165) is 29.1 Å². The Kier molecular flexibility index (Phi) is 4.38. The molecule has 0 aliphatic carbocycles. The Bertz CT molecular complexity index is 784. The third-order valence-electron chi connectivity index (χ3n) is 3.67. The van der Waals surface area contributed by atoms with E-state index in [9.17, 15) is 8.42 Å². The van der Waals surface area contributed by atoms with Crippen LogP contribution in [0, 0.1) is 0 Å². The van der Waals surface area contributed by atoms with Crippen molar-refractivity contribution in [2.24, 2.45) is 0 Å². The molecule has 8 heteroatoms. The molecule has 0 bridgehead atoms. The van der Waals surface area contributed by atoms with Crippen LogP contribution in [0.1, 0.15) is 5.82 Å². The summed E-state index contributed by atoms with van der Waals surface area (Å²) in [5.74, 6) is 1.64. The van der Waals surface area contributed by atoms with Gasteiger partial charge >= 0.3 is 0 Å². The molecule has 1 unspecified atom stereocenters. The van der Waals surface area contributed by atoms with E-state index >= 15 is 0 Å². The zero-order valence-corrected chi connectivity index (χ0v) is 13.8. The fourth-order valence-electron chi connectivity index (χ4n) is 2.46. The smallest absolute Gasteiger partial charge is 0.208 e. The summed E-state index contributed by atoms with van der Waals surface area (Å²) in [4.78, 5) is 4.58. The van der Waals surface area contributed by atoms with Crippen LogP contribution >= 0.6 is 0 Å². The molecule has 3 rings (SSSR count). The van der Waals surface area contributed by atoms with E-state index in [4.69, 9.17) is 9.47 Å². The summed E-state index contributed by atoms with van der Waals surface area (Å²) in [5.41, 5.74) is 1.86. The number of hydrogen-bond acceptors (Lipinski definition) is 5. The second-order valence-electron chi connectivity index (χ2n) is 5.48. The number of sulfonamides is 1. The first-order valence-corrected chi connectivity index (χ1v) is 9.10. The number of nitrogens with zero attached hydrogens (tertiary/aromatic N) is 2. The number of aromatic nitrogens is 2. The Balaban J connectivity index is 1.73. The zero-order valence-electron chi connectivity index (χ0n) is 13.0. The quantitative estimate of drug-likeness (QED) is 0.880. The number of imidazole rings is 1. The molecule has 2 heterocycles. The van der Waals surface area contributed by atoms with E-state index in [-0.39, 0.29) is 12.6 Å². The lowest BCUT2D eigenvalue weighted by molar-refractivity contribution is 0.00588. The van der Waals surface area contributed by atoms with Gasteiger partial charge in [0.1, 0.15) is 18.2 Å². The SMILES string of the molecule is COc1ccc(-c2cn3c(n2)COC(CNS(C)(=O)=O)C3)cc1. The molecule has 0 fully saturated rings. The van der Waals surface area contributed by atoms with Crippen LogP contribution in [-0.2, 0) is 27.9 Å². The summed E-state index contributed by atoms with van der Waals surface area (Å²) in [5, 5.41) is 0. The summed E-state index contributed by atoms with van der Waals surface area (Å²) in [6.45, 7) is 1.20. The maximum absolute atomic E-state index is 11.2. The molecule has 0 radical (unpaired) electrons. The lowest BCUT2D eigenvalue weighted by Gasteiger charge is -2.24. The molecule has 2 aromatic rings. The normalized spacial score (nSPS) is 17.7. The number of benzene rings is 1. The van der Waals surface area contributed by atoms with Gasteiger partial charge in [0, 0.05) is 18.3 Å². The van der Waals surface area contributed by atoms with Crippen LogP contribution in [0.2, 0.25) is 0 Å². The lowest BCUT2D eigenvalue weighted by Crippen LogP contribution is -2.38. The van der Waals surface area contributed by atoms with Gasteiger partial charge < -0.3 is 14.0 Å². The fraction of sp³-hybridized carbons (Fsp3) is 0.400. The summed E-state index contributed by atoms with van der Waals surface area (Å²) in [7, 11) is -1.58. The number of fused-ring (bicyclic) bond motifs is 1. The molecule has 0 spiro atoms. The highest BCUT2D eigenvalue weighted by Gasteiger charge is 2.22. The first kappa shape index (κ1) is 16.0. The van der Waals surface area contributed by atoms with Crippen molar-refractivity contribution in [2.45, 2.75) is 19.3 Å². The minimum atomic E-state index is -3.21. The first-order chi connectivity index (χ1) is 10.9. The number of rotatable bonds is 5. The van der Waals surface area contributed by atoms with Gasteiger partial charge in [-0.25, -0.2) is 18.1 Å². The Hall–Kier alpha value is -1.90. The van der Waals surface area contributed by atoms with Crippen molar-refractivity contribution >= 4 is 10.0 Å². The minimum Gasteiger partial charge on any atom is -0.497 e. The predicted octanol–water partition coefficient (Wildman–Crippen LogP) is 1.01. The standard InChI is InChI=1S/C15H19N3O4S/c1-21-12-5-3-11(4-6-12)14-9-18-8-13(7-16-23(2,19)20)22-10-15(18)17-14/h3-6,9,13,16H,7-8,10H2,1-2H3. The third-order valence-corrected chi connectivity index (χ3v) is 4.36. The topological polar surface area (TPSA) is 82.4 Å². The van der Waals surface area contributed by atoms with E-state index in [0.29, 0.717) is 13.2 Å². The maximum atomic E-state index is 11.2. The summed E-state index contributed by atoms with van der Waals surface area (Å²) >= 11 is 0. The second-order valence-corrected chi connectivity index (χ2v) is 7.31. The molecule has 23 heavy (non-hydrogen) atoms. The number of methoxy groups -OCH3 is 1. The van der Waals surface area contributed by atoms with Crippen LogP contribution in [0.25, 0.3) is 11.3 Å². The van der Waals surface area contributed by atoms with Gasteiger partial charge in [-0.1, -0.05) is 0 Å². The van der Waals surface area contributed by atoms with Crippen molar-refractivity contribution in [3.63, 3.8) is 0 Å². The number of hydrogen-bond donors (Lipinski definition) is 1. The summed E-state index contributed by atoms with van der Waals surface area (Å²) in [6.07, 6.45) is 2.91. The van der Waals surface area contributed by atoms with Crippen molar-refractivity contribution in [1.82, 2.24) is 14.3 Å². The molecule has 1 aromatic heterocycles. The molecule has 7 nitrogen and oxygen atoms in total. The minimum absolute atomic E-state index is 0.199. The van der Waals surface area contributed by atoms with Crippen molar-refractivity contribution in [1.29, 1.82) is 0 Å². The zero-order chi connectivity index (χ0) is 16.4. The van der Waals surface area contributed by atoms with Gasteiger partial charge in [0.2, 0.25) is 10.0 Å². The van der Waals surface area contributed by atoms with Crippen LogP contribution in [0.3, 0.4) is 0 Å². The Morgan fingerprint density at radius 2 is 2.13 bits per heavy atom. The van der Waals surface area contributed by atoms with Crippen LogP contribution < -0.4 is 9.46 Å². The Morgan fingerprint density at radius 3 is 2.78 bits per heavy atom. The Morgan fingerprint density at radius 1 is 1.39 bits per heavy atom. The van der Waals surface area contributed by atoms with E-state index in [1.165, 1.54) is 0 Å². The van der Waals surface area contributed by atoms with Crippen molar-refractivity contribution in [3.05, 3.63) is 36.3 Å². The molecule has 1 atom stereocenters. The third kappa shape index (κ3) is 3.90. The highest BCUT2D eigenvalue weighted by molar-refractivity contribution is 7.88. The molecular formula is C15H19N3O4S. The van der Waals surface area contributed by atoms with Crippen LogP contribution in [0.4, 0.5) is 0 Å². The Labute approximate surface area is 135 Å². The molecule has 1 aliphatic rings. The molecular weight excluding hydrogens is 318 g/mol. The average molecular weight is 337 g/mol. The second kappa shape index (κ2) is 6.31. The average Bonchev–Trinajstić information content (AvgIpc) is 2.95. The molecule has 1 aliphatic heterocycles. The number of nitrogens with one attached hydrogen (secondary N) is 1. The summed E-state index contributed by atoms with van der Waals surface area (Å²) < 4.78 is 37.6. The van der Waals surface area contributed by atoms with Gasteiger partial charge in [-0.15, -0.1) is 0 Å². The fourth-order valence-corrected chi connectivity index (χ4v) is 2.95. The van der Waals surface area contributed by atoms with Crippen LogP contribution in [0.15, 0.2) is 30.5 Å². The van der Waals surface area contributed by atoms with Gasteiger partial charge in [-0.2, -0.15) is 0 Å². The molecule has 1 aromatic carbocycles. The van der Waals surface area contributed by atoms with E-state index in [1.54, 1.807) is 7.11 Å². The van der Waals surface area contributed by atoms with Gasteiger partial charge in [-0.3, -0.25) is 0 Å². The largest absolute Gasteiger partial charge is 0.497 e. The van der Waals surface area contributed by atoms with Gasteiger partial charge in [0.05, 0.1) is 31.7 Å². The van der Waals surface area contributed by atoms with Gasteiger partial charge in [0.25, 0.3) is 0 Å². The van der Waals surface area contributed by atoms with Crippen LogP contribution in [-0.4, -0.2) is 44.0 Å².